The SMILES string of the molecule is C[C@@H](N[C@H]1CCCc2ccccc21)C(=O)N1CC(=O)Nc2ccccc21. The van der Waals surface area contributed by atoms with Crippen molar-refractivity contribution in [2.24, 2.45) is 0 Å². The number of nitrogens with zero attached hydrogens (tertiary/aromatic N) is 1. The number of amides is 2. The zero-order chi connectivity index (χ0) is 18.1. The largest absolute Gasteiger partial charge is 0.323 e. The molecule has 1 aliphatic heterocycles. The van der Waals surface area contributed by atoms with E-state index in [1.807, 2.05) is 31.2 Å². The monoisotopic (exact) mass is 349 g/mol. The highest BCUT2D eigenvalue weighted by molar-refractivity contribution is 6.11. The molecule has 0 fully saturated rings. The zero-order valence-electron chi connectivity index (χ0n) is 14.9. The molecule has 0 saturated heterocycles. The lowest BCUT2D eigenvalue weighted by molar-refractivity contribution is -0.123. The molecule has 26 heavy (non-hydrogen) atoms. The van der Waals surface area contributed by atoms with Gasteiger partial charge in [0.15, 0.2) is 0 Å². The Morgan fingerprint density at radius 1 is 1.19 bits per heavy atom. The fourth-order valence-electron chi connectivity index (χ4n) is 3.96. The second-order valence-electron chi connectivity index (χ2n) is 7.02. The number of hydrogen-bond donors (Lipinski definition) is 2. The number of anilines is 2. The average molecular weight is 349 g/mol. The van der Waals surface area contributed by atoms with Crippen molar-refractivity contribution < 1.29 is 9.59 Å². The fraction of sp³-hybridized carbons (Fsp3) is 0.333. The molecular weight excluding hydrogens is 326 g/mol. The first-order valence-corrected chi connectivity index (χ1v) is 9.17. The Kier molecular flexibility index (Phi) is 4.47. The van der Waals surface area contributed by atoms with Crippen LogP contribution in [0.4, 0.5) is 11.4 Å². The third kappa shape index (κ3) is 3.10. The molecule has 5 nitrogen and oxygen atoms in total. The van der Waals surface area contributed by atoms with E-state index in [0.29, 0.717) is 5.69 Å². The molecule has 5 heteroatoms. The van der Waals surface area contributed by atoms with E-state index in [-0.39, 0.29) is 30.4 Å². The minimum Gasteiger partial charge on any atom is -0.323 e. The summed E-state index contributed by atoms with van der Waals surface area (Å²) in [5.74, 6) is -0.234. The Morgan fingerprint density at radius 2 is 1.96 bits per heavy atom. The van der Waals surface area contributed by atoms with Gasteiger partial charge in [0.2, 0.25) is 11.8 Å². The van der Waals surface area contributed by atoms with E-state index >= 15 is 0 Å². The molecule has 134 valence electrons. The third-order valence-electron chi connectivity index (χ3n) is 5.23. The molecule has 2 aromatic rings. The van der Waals surface area contributed by atoms with Gasteiger partial charge in [0.25, 0.3) is 0 Å². The van der Waals surface area contributed by atoms with Gasteiger partial charge in [-0.1, -0.05) is 36.4 Å². The van der Waals surface area contributed by atoms with E-state index in [1.54, 1.807) is 4.90 Å². The number of fused-ring (bicyclic) bond motifs is 2. The van der Waals surface area contributed by atoms with Crippen LogP contribution < -0.4 is 15.5 Å². The number of rotatable bonds is 3. The second-order valence-corrected chi connectivity index (χ2v) is 7.02. The highest BCUT2D eigenvalue weighted by Gasteiger charge is 2.31. The van der Waals surface area contributed by atoms with Crippen LogP contribution in [0, 0.1) is 0 Å². The molecule has 2 aliphatic rings. The zero-order valence-corrected chi connectivity index (χ0v) is 14.9. The predicted octanol–water partition coefficient (Wildman–Crippen LogP) is 3.03. The summed E-state index contributed by atoms with van der Waals surface area (Å²) < 4.78 is 0. The van der Waals surface area contributed by atoms with Crippen LogP contribution in [0.2, 0.25) is 0 Å². The Morgan fingerprint density at radius 3 is 2.85 bits per heavy atom. The van der Waals surface area contributed by atoms with E-state index < -0.39 is 0 Å². The van der Waals surface area contributed by atoms with Crippen LogP contribution in [0.15, 0.2) is 48.5 Å². The maximum absolute atomic E-state index is 13.1. The maximum Gasteiger partial charge on any atom is 0.244 e. The van der Waals surface area contributed by atoms with Gasteiger partial charge in [0.05, 0.1) is 17.4 Å². The van der Waals surface area contributed by atoms with Gasteiger partial charge < -0.3 is 5.32 Å². The first-order valence-electron chi connectivity index (χ1n) is 9.17. The minimum absolute atomic E-state index is 0.0587. The van der Waals surface area contributed by atoms with Crippen molar-refractivity contribution in [3.05, 3.63) is 59.7 Å². The van der Waals surface area contributed by atoms with E-state index in [0.717, 1.165) is 24.9 Å². The van der Waals surface area contributed by atoms with Crippen LogP contribution >= 0.6 is 0 Å². The van der Waals surface area contributed by atoms with Gasteiger partial charge in [-0.2, -0.15) is 0 Å². The van der Waals surface area contributed by atoms with Crippen LogP contribution in [-0.2, 0) is 16.0 Å². The second kappa shape index (κ2) is 6.92. The van der Waals surface area contributed by atoms with Crippen molar-refractivity contribution in [3.8, 4) is 0 Å². The summed E-state index contributed by atoms with van der Waals surface area (Å²) in [6.45, 7) is 1.94. The lowest BCUT2D eigenvalue weighted by Gasteiger charge is -2.34. The Balaban J connectivity index is 1.54. The van der Waals surface area contributed by atoms with Gasteiger partial charge in [-0.25, -0.2) is 0 Å². The van der Waals surface area contributed by atoms with E-state index in [2.05, 4.69) is 34.9 Å². The Labute approximate surface area is 153 Å². The molecule has 1 aliphatic carbocycles. The topological polar surface area (TPSA) is 61.4 Å². The number of hydrogen-bond acceptors (Lipinski definition) is 3. The maximum atomic E-state index is 13.1. The summed E-state index contributed by atoms with van der Waals surface area (Å²) in [5.41, 5.74) is 4.09. The van der Waals surface area contributed by atoms with Crippen molar-refractivity contribution in [2.45, 2.75) is 38.3 Å². The van der Waals surface area contributed by atoms with Crippen molar-refractivity contribution >= 4 is 23.2 Å². The summed E-state index contributed by atoms with van der Waals surface area (Å²) in [6.07, 6.45) is 3.23. The van der Waals surface area contributed by atoms with Crippen molar-refractivity contribution in [1.82, 2.24) is 5.32 Å². The first-order chi connectivity index (χ1) is 12.6. The number of carbonyl (C=O) groups excluding carboxylic acids is 2. The Hall–Kier alpha value is -2.66. The standard InChI is InChI=1S/C21H23N3O2/c1-14(22-17-11-6-8-15-7-2-3-9-16(15)17)21(26)24-13-20(25)23-18-10-4-5-12-19(18)24/h2-5,7,9-10,12,14,17,22H,6,8,11,13H2,1H3,(H,23,25)/t14-,17+/m1/s1. The molecule has 2 atom stereocenters. The summed E-state index contributed by atoms with van der Waals surface area (Å²) in [7, 11) is 0. The lowest BCUT2D eigenvalue weighted by Crippen LogP contribution is -2.50. The number of para-hydroxylation sites is 2. The van der Waals surface area contributed by atoms with E-state index in [9.17, 15) is 9.59 Å². The van der Waals surface area contributed by atoms with Crippen LogP contribution in [0.25, 0.3) is 0 Å². The van der Waals surface area contributed by atoms with Gasteiger partial charge >= 0.3 is 0 Å². The van der Waals surface area contributed by atoms with Gasteiger partial charge in [0.1, 0.15) is 6.54 Å². The molecule has 2 N–H and O–H groups in total. The van der Waals surface area contributed by atoms with E-state index in [4.69, 9.17) is 0 Å². The van der Waals surface area contributed by atoms with Crippen LogP contribution in [0.1, 0.15) is 36.9 Å². The summed E-state index contributed by atoms with van der Waals surface area (Å²) in [4.78, 5) is 26.7. The molecule has 2 aromatic carbocycles. The highest BCUT2D eigenvalue weighted by atomic mass is 16.2. The van der Waals surface area contributed by atoms with Crippen molar-refractivity contribution in [3.63, 3.8) is 0 Å². The number of nitrogens with one attached hydrogen (secondary N) is 2. The lowest BCUT2D eigenvalue weighted by atomic mass is 9.87. The third-order valence-corrected chi connectivity index (χ3v) is 5.23. The number of aryl methyl sites for hydroxylation is 1. The quantitative estimate of drug-likeness (QED) is 0.895. The molecule has 0 radical (unpaired) electrons. The Bertz CT molecular complexity index is 849. The van der Waals surface area contributed by atoms with Gasteiger partial charge in [-0.05, 0) is 49.4 Å². The molecule has 0 spiro atoms. The molecule has 1 heterocycles. The van der Waals surface area contributed by atoms with Gasteiger partial charge in [0, 0.05) is 6.04 Å². The molecule has 2 amide bonds. The smallest absolute Gasteiger partial charge is 0.244 e. The fourth-order valence-corrected chi connectivity index (χ4v) is 3.96. The normalized spacial score (nSPS) is 20.0. The van der Waals surface area contributed by atoms with Gasteiger partial charge in [-0.3, -0.25) is 19.8 Å². The van der Waals surface area contributed by atoms with Crippen LogP contribution in [-0.4, -0.2) is 24.4 Å². The highest BCUT2D eigenvalue weighted by Crippen LogP contribution is 2.32. The summed E-state index contributed by atoms with van der Waals surface area (Å²) in [5, 5.41) is 6.32. The van der Waals surface area contributed by atoms with Gasteiger partial charge in [-0.15, -0.1) is 0 Å². The number of benzene rings is 2. The molecular formula is C21H23N3O2. The van der Waals surface area contributed by atoms with Crippen molar-refractivity contribution in [1.29, 1.82) is 0 Å². The molecule has 0 unspecified atom stereocenters. The molecule has 0 aromatic heterocycles. The molecule has 0 saturated carbocycles. The number of carbonyl (C=O) groups is 2. The van der Waals surface area contributed by atoms with Crippen molar-refractivity contribution in [2.75, 3.05) is 16.8 Å². The van der Waals surface area contributed by atoms with Crippen LogP contribution in [0.3, 0.4) is 0 Å². The molecule has 0 bridgehead atoms. The first kappa shape index (κ1) is 16.8. The average Bonchev–Trinajstić information content (AvgIpc) is 2.67. The molecule has 4 rings (SSSR count). The summed E-state index contributed by atoms with van der Waals surface area (Å²) >= 11 is 0. The minimum atomic E-state index is -0.370. The summed E-state index contributed by atoms with van der Waals surface area (Å²) in [6, 6.07) is 15.7. The van der Waals surface area contributed by atoms with E-state index in [1.165, 1.54) is 11.1 Å². The van der Waals surface area contributed by atoms with Crippen LogP contribution in [0.5, 0.6) is 0 Å². The predicted molar refractivity (Wildman–Crippen MR) is 102 cm³/mol.